The summed E-state index contributed by atoms with van der Waals surface area (Å²) in [7, 11) is 3.31. The molecule has 0 saturated carbocycles. The minimum absolute atomic E-state index is 0.0526. The Kier molecular flexibility index (Phi) is 7.76. The fourth-order valence-corrected chi connectivity index (χ4v) is 5.46. The van der Waals surface area contributed by atoms with Gasteiger partial charge in [-0.1, -0.05) is 24.1 Å². The lowest BCUT2D eigenvalue weighted by Crippen LogP contribution is -2.47. The molecule has 1 saturated heterocycles. The standard InChI is InChI=1S/C28H31ClN6O3/c1-6-24(36)34-14-18(13-28(34,3)16-38-5)15-35-27(31-4)25(26(30)37)22(33-35)8-7-19-11-23-20(12-21(19)29)17(2)9-10-32-23/h6,9-12,18,31H,1,13-16H2,2-5H3,(H2,30,37)/t18-,28-/m1/s1. The quantitative estimate of drug-likeness (QED) is 0.355. The molecule has 2 aromatic heterocycles. The molecule has 0 spiro atoms. The number of likely N-dealkylation sites (tertiary alicyclic amines) is 1. The van der Waals surface area contributed by atoms with Gasteiger partial charge >= 0.3 is 0 Å². The zero-order chi connectivity index (χ0) is 27.6. The van der Waals surface area contributed by atoms with Gasteiger partial charge < -0.3 is 20.7 Å². The van der Waals surface area contributed by atoms with Crippen LogP contribution in [0.25, 0.3) is 10.9 Å². The lowest BCUT2D eigenvalue weighted by atomic mass is 9.95. The summed E-state index contributed by atoms with van der Waals surface area (Å²) in [6.45, 7) is 8.96. The maximum absolute atomic E-state index is 12.5. The van der Waals surface area contributed by atoms with E-state index in [1.54, 1.807) is 29.9 Å². The lowest BCUT2D eigenvalue weighted by Gasteiger charge is -2.33. The minimum Gasteiger partial charge on any atom is -0.382 e. The molecule has 0 unspecified atom stereocenters. The minimum atomic E-state index is -0.647. The number of aryl methyl sites for hydroxylation is 1. The first kappa shape index (κ1) is 27.2. The first-order valence-corrected chi connectivity index (χ1v) is 12.6. The number of methoxy groups -OCH3 is 1. The number of pyridine rings is 1. The van der Waals surface area contributed by atoms with Crippen LogP contribution in [-0.2, 0) is 16.1 Å². The van der Waals surface area contributed by atoms with E-state index in [1.165, 1.54) is 6.08 Å². The Hall–Kier alpha value is -3.87. The number of benzene rings is 1. The third kappa shape index (κ3) is 5.10. The zero-order valence-corrected chi connectivity index (χ0v) is 22.7. The number of anilines is 1. The van der Waals surface area contributed by atoms with Crippen molar-refractivity contribution in [2.24, 2.45) is 11.7 Å². The lowest BCUT2D eigenvalue weighted by molar-refractivity contribution is -0.131. The fourth-order valence-electron chi connectivity index (χ4n) is 5.25. The van der Waals surface area contributed by atoms with Gasteiger partial charge in [0.25, 0.3) is 5.91 Å². The van der Waals surface area contributed by atoms with Crippen molar-refractivity contribution in [3.8, 4) is 11.8 Å². The maximum atomic E-state index is 12.5. The van der Waals surface area contributed by atoms with Crippen molar-refractivity contribution >= 4 is 40.1 Å². The average Bonchev–Trinajstić information content (AvgIpc) is 3.39. The van der Waals surface area contributed by atoms with E-state index in [-0.39, 0.29) is 23.1 Å². The average molecular weight is 535 g/mol. The first-order chi connectivity index (χ1) is 18.1. The number of aromatic nitrogens is 3. The summed E-state index contributed by atoms with van der Waals surface area (Å²) >= 11 is 6.52. The molecule has 2 atom stereocenters. The third-order valence-corrected chi connectivity index (χ3v) is 7.26. The summed E-state index contributed by atoms with van der Waals surface area (Å²) in [6, 6.07) is 5.57. The Bertz CT molecular complexity index is 1490. The molecule has 10 heteroatoms. The van der Waals surface area contributed by atoms with E-state index in [0.29, 0.717) is 42.5 Å². The molecule has 0 bridgehead atoms. The molecule has 38 heavy (non-hydrogen) atoms. The number of nitrogens with zero attached hydrogens (tertiary/aromatic N) is 4. The number of carbonyl (C=O) groups is 2. The van der Waals surface area contributed by atoms with Crippen molar-refractivity contribution in [2.75, 3.05) is 32.6 Å². The highest BCUT2D eigenvalue weighted by Gasteiger charge is 2.44. The molecule has 2 amide bonds. The van der Waals surface area contributed by atoms with Crippen molar-refractivity contribution < 1.29 is 14.3 Å². The molecule has 1 aliphatic heterocycles. The molecule has 1 aromatic carbocycles. The van der Waals surface area contributed by atoms with E-state index >= 15 is 0 Å². The van der Waals surface area contributed by atoms with Crippen LogP contribution < -0.4 is 11.1 Å². The van der Waals surface area contributed by atoms with Gasteiger partial charge in [-0.25, -0.2) is 4.68 Å². The Morgan fingerprint density at radius 3 is 2.82 bits per heavy atom. The largest absolute Gasteiger partial charge is 0.382 e. The Morgan fingerprint density at radius 2 is 2.16 bits per heavy atom. The summed E-state index contributed by atoms with van der Waals surface area (Å²) in [6.07, 6.45) is 3.74. The maximum Gasteiger partial charge on any atom is 0.255 e. The van der Waals surface area contributed by atoms with Gasteiger partial charge in [-0.3, -0.25) is 14.6 Å². The number of rotatable bonds is 7. The second-order valence-corrected chi connectivity index (χ2v) is 10.2. The molecule has 3 N–H and O–H groups in total. The highest BCUT2D eigenvalue weighted by Crippen LogP contribution is 2.35. The van der Waals surface area contributed by atoms with Crippen LogP contribution >= 0.6 is 11.6 Å². The van der Waals surface area contributed by atoms with Gasteiger partial charge in [-0.2, -0.15) is 5.10 Å². The number of primary amides is 1. The number of hydrogen-bond acceptors (Lipinski definition) is 6. The molecule has 3 aromatic rings. The highest BCUT2D eigenvalue weighted by molar-refractivity contribution is 6.32. The van der Waals surface area contributed by atoms with Crippen molar-refractivity contribution in [1.29, 1.82) is 0 Å². The Balaban J connectivity index is 1.70. The van der Waals surface area contributed by atoms with Crippen molar-refractivity contribution in [3.05, 3.63) is 64.5 Å². The van der Waals surface area contributed by atoms with E-state index in [9.17, 15) is 9.59 Å². The van der Waals surface area contributed by atoms with Gasteiger partial charge in [-0.15, -0.1) is 0 Å². The highest BCUT2D eigenvalue weighted by atomic mass is 35.5. The smallest absolute Gasteiger partial charge is 0.255 e. The second-order valence-electron chi connectivity index (χ2n) is 9.75. The van der Waals surface area contributed by atoms with Crippen LogP contribution in [0, 0.1) is 24.7 Å². The Morgan fingerprint density at radius 1 is 1.39 bits per heavy atom. The van der Waals surface area contributed by atoms with Crippen LogP contribution in [0.5, 0.6) is 0 Å². The van der Waals surface area contributed by atoms with Crippen molar-refractivity contribution in [3.63, 3.8) is 0 Å². The first-order valence-electron chi connectivity index (χ1n) is 12.2. The van der Waals surface area contributed by atoms with Crippen LogP contribution in [0.15, 0.2) is 37.1 Å². The molecule has 9 nitrogen and oxygen atoms in total. The van der Waals surface area contributed by atoms with E-state index < -0.39 is 11.4 Å². The predicted octanol–water partition coefficient (Wildman–Crippen LogP) is 3.37. The van der Waals surface area contributed by atoms with Gasteiger partial charge in [0.05, 0.1) is 22.7 Å². The number of amides is 2. The van der Waals surface area contributed by atoms with E-state index in [1.807, 2.05) is 32.0 Å². The Labute approximate surface area is 227 Å². The SMILES string of the molecule is C=CC(=O)N1C[C@H](Cn2nc(C#Cc3cc4nccc(C)c4cc3Cl)c(C(N)=O)c2NC)C[C@]1(C)COC. The van der Waals surface area contributed by atoms with Crippen LogP contribution in [0.3, 0.4) is 0 Å². The molecule has 0 aliphatic carbocycles. The third-order valence-electron chi connectivity index (χ3n) is 6.95. The van der Waals surface area contributed by atoms with E-state index in [2.05, 4.69) is 33.8 Å². The number of fused-ring (bicyclic) bond motifs is 1. The van der Waals surface area contributed by atoms with Crippen LogP contribution in [-0.4, -0.2) is 64.3 Å². The normalized spacial score (nSPS) is 18.8. The summed E-state index contributed by atoms with van der Waals surface area (Å²) in [5.41, 5.74) is 8.11. The monoisotopic (exact) mass is 534 g/mol. The summed E-state index contributed by atoms with van der Waals surface area (Å²) in [5.74, 6) is 5.75. The van der Waals surface area contributed by atoms with E-state index in [4.69, 9.17) is 22.1 Å². The summed E-state index contributed by atoms with van der Waals surface area (Å²) in [5, 5.41) is 9.11. The number of ether oxygens (including phenoxy) is 1. The van der Waals surface area contributed by atoms with Crippen LogP contribution in [0.2, 0.25) is 5.02 Å². The van der Waals surface area contributed by atoms with Crippen LogP contribution in [0.1, 0.15) is 40.5 Å². The van der Waals surface area contributed by atoms with E-state index in [0.717, 1.165) is 16.5 Å². The molecule has 198 valence electrons. The second kappa shape index (κ2) is 10.9. The molecule has 4 rings (SSSR count). The predicted molar refractivity (Wildman–Crippen MR) is 148 cm³/mol. The van der Waals surface area contributed by atoms with Gasteiger partial charge in [-0.05, 0) is 61.9 Å². The summed E-state index contributed by atoms with van der Waals surface area (Å²) in [4.78, 5) is 31.2. The molecular weight excluding hydrogens is 504 g/mol. The fraction of sp³-hybridized carbons (Fsp3) is 0.357. The molecule has 0 radical (unpaired) electrons. The number of halogens is 1. The topological polar surface area (TPSA) is 115 Å². The van der Waals surface area contributed by atoms with Gasteiger partial charge in [0.15, 0.2) is 5.69 Å². The number of nitrogens with one attached hydrogen (secondary N) is 1. The van der Waals surface area contributed by atoms with Crippen molar-refractivity contribution in [2.45, 2.75) is 32.4 Å². The number of carbonyl (C=O) groups excluding carboxylic acids is 2. The summed E-state index contributed by atoms with van der Waals surface area (Å²) < 4.78 is 7.10. The molecule has 1 aliphatic rings. The van der Waals surface area contributed by atoms with Crippen LogP contribution in [0.4, 0.5) is 5.82 Å². The molecule has 1 fully saturated rings. The van der Waals surface area contributed by atoms with Gasteiger partial charge in [0.2, 0.25) is 5.91 Å². The number of hydrogen-bond donors (Lipinski definition) is 2. The number of nitrogens with two attached hydrogens (primary N) is 1. The van der Waals surface area contributed by atoms with Crippen molar-refractivity contribution in [1.82, 2.24) is 19.7 Å². The molecular formula is C28H31ClN6O3. The molecule has 3 heterocycles. The van der Waals surface area contributed by atoms with Gasteiger partial charge in [0.1, 0.15) is 11.4 Å². The van der Waals surface area contributed by atoms with Gasteiger partial charge in [0, 0.05) is 44.4 Å². The zero-order valence-electron chi connectivity index (χ0n) is 22.0.